The fraction of sp³-hybridized carbons (Fsp3) is 1.00. The molecule has 0 rings (SSSR count). The van der Waals surface area contributed by atoms with Gasteiger partial charge in [-0.15, -0.1) is 13.2 Å². The first-order valence-corrected chi connectivity index (χ1v) is 5.46. The van der Waals surface area contributed by atoms with Gasteiger partial charge < -0.3 is 38.6 Å². The van der Waals surface area contributed by atoms with E-state index >= 15 is 0 Å². The first-order chi connectivity index (χ1) is 7.07. The molecule has 0 aliphatic rings. The Bertz CT molecular complexity index is 35.6. The summed E-state index contributed by atoms with van der Waals surface area (Å²) in [5.41, 5.74) is 0. The summed E-state index contributed by atoms with van der Waals surface area (Å²) in [6.07, 6.45) is 0. The Balaban J connectivity index is -0.0000000192. The summed E-state index contributed by atoms with van der Waals surface area (Å²) < 4.78 is 0. The molecule has 5 nitrogen and oxygen atoms in total. The van der Waals surface area contributed by atoms with E-state index in [-0.39, 0.29) is 25.6 Å². The maximum absolute atomic E-state index is 8.93. The Hall–Kier alpha value is 0.0900. The van der Waals surface area contributed by atoms with Crippen LogP contribution < -0.4 is 38.6 Å². The molecule has 0 amide bonds. The van der Waals surface area contributed by atoms with Crippen LogP contribution in [0.25, 0.3) is 0 Å². The molecule has 0 aromatic heterocycles. The highest BCUT2D eigenvalue weighted by molar-refractivity contribution is 3.80. The fourth-order valence-corrected chi connectivity index (χ4v) is 0. The molecule has 0 atom stereocenters. The summed E-state index contributed by atoms with van der Waals surface area (Å²) in [6, 6.07) is 0. The Morgan fingerprint density at radius 2 is 0.625 bits per heavy atom. The van der Waals surface area contributed by atoms with Gasteiger partial charge in [-0.25, -0.2) is 0 Å². The number of hydrogen-bond donors (Lipinski definition) is 3. The van der Waals surface area contributed by atoms with Gasteiger partial charge in [0.25, 0.3) is 0 Å². The van der Waals surface area contributed by atoms with Crippen molar-refractivity contribution in [2.24, 2.45) is 0 Å². The molecule has 0 unspecified atom stereocenters. The lowest BCUT2D eigenvalue weighted by atomic mass is 10.9. The summed E-state index contributed by atoms with van der Waals surface area (Å²) in [6.45, 7) is 3.14. The second kappa shape index (κ2) is 116. The third kappa shape index (κ3) is 298000. The molecule has 0 aliphatic carbocycles. The molecule has 16 heavy (non-hydrogen) atoms. The van der Waals surface area contributed by atoms with Gasteiger partial charge in [-0.1, -0.05) is 13.8 Å². The Labute approximate surface area is 108 Å². The van der Waals surface area contributed by atoms with Crippen LogP contribution in [-0.2, 0) is 0 Å². The summed E-state index contributed by atoms with van der Waals surface area (Å²) in [5, 5.41) is 23.9. The van der Waals surface area contributed by atoms with E-state index in [0.717, 1.165) is 0 Å². The Morgan fingerprint density at radius 3 is 0.625 bits per heavy atom. The van der Waals surface area contributed by atoms with Crippen molar-refractivity contribution in [2.75, 3.05) is 55.5 Å². The number of rotatable bonds is 0. The van der Waals surface area contributed by atoms with Crippen molar-refractivity contribution >= 4 is 0 Å². The summed E-state index contributed by atoms with van der Waals surface area (Å²) in [5.74, 6) is 0. The van der Waals surface area contributed by atoms with Crippen molar-refractivity contribution in [1.29, 1.82) is 0 Å². The molecule has 0 aromatic rings. The van der Waals surface area contributed by atoms with Crippen LogP contribution in [0.3, 0.4) is 0 Å². The molecular weight excluding hydrogens is 230 g/mol. The van der Waals surface area contributed by atoms with Gasteiger partial charge in [0, 0.05) is 0 Å². The number of hydrogen-bond acceptors (Lipinski definition) is 2. The molecule has 0 heterocycles. The molecular formula is C10H34ClN3O2. The van der Waals surface area contributed by atoms with Gasteiger partial charge in [0.15, 0.2) is 0 Å². The lowest BCUT2D eigenvalue weighted by Crippen LogP contribution is -3.00. The highest BCUT2D eigenvalue weighted by atomic mass is 35.5. The highest BCUT2D eigenvalue weighted by Gasteiger charge is 1.29. The van der Waals surface area contributed by atoms with Crippen molar-refractivity contribution < 1.29 is 38.6 Å². The van der Waals surface area contributed by atoms with Crippen molar-refractivity contribution in [3.8, 4) is 0 Å². The van der Waals surface area contributed by atoms with Crippen LogP contribution in [0.5, 0.6) is 0 Å². The second-order valence-electron chi connectivity index (χ2n) is 2.31. The standard InChI is InChI=1S/3C2H7N.2C2H5O.ClH/c3*1-3-2;2*1-2-3;/h3*3H,1-2H3;2*2H2,1H3;1H/q;;;2*-1;/p+2. The average Bonchev–Trinajstić information content (AvgIpc) is 2.09. The van der Waals surface area contributed by atoms with E-state index in [9.17, 15) is 0 Å². The van der Waals surface area contributed by atoms with E-state index in [1.54, 1.807) is 13.8 Å². The SMILES string of the molecule is CC[O-].CC[O-].C[NH2+]C.C[NH2+]C.C[NH2+]C.[Cl-]. The van der Waals surface area contributed by atoms with Gasteiger partial charge >= 0.3 is 0 Å². The maximum Gasteiger partial charge on any atom is 0.0647 e. The third-order valence-electron chi connectivity index (χ3n) is 0. The molecule has 0 aliphatic heterocycles. The molecule has 6 heteroatoms. The lowest BCUT2D eigenvalue weighted by molar-refractivity contribution is -0.597. The van der Waals surface area contributed by atoms with Crippen LogP contribution in [0.1, 0.15) is 13.8 Å². The van der Waals surface area contributed by atoms with E-state index in [4.69, 9.17) is 10.2 Å². The van der Waals surface area contributed by atoms with Crippen LogP contribution in [0.2, 0.25) is 0 Å². The minimum Gasteiger partial charge on any atom is -1.00 e. The first-order valence-electron chi connectivity index (χ1n) is 5.46. The molecule has 0 saturated carbocycles. The van der Waals surface area contributed by atoms with Gasteiger partial charge in [-0.2, -0.15) is 0 Å². The summed E-state index contributed by atoms with van der Waals surface area (Å²) >= 11 is 0. The zero-order chi connectivity index (χ0) is 13.5. The van der Waals surface area contributed by atoms with E-state index in [0.29, 0.717) is 0 Å². The normalized spacial score (nSPS) is 5.62. The lowest BCUT2D eigenvalue weighted by Gasteiger charge is -1.79. The minimum absolute atomic E-state index is 0. The molecule has 0 bridgehead atoms. The van der Waals surface area contributed by atoms with Gasteiger partial charge in [0.2, 0.25) is 0 Å². The molecule has 0 saturated heterocycles. The summed E-state index contributed by atoms with van der Waals surface area (Å²) in [4.78, 5) is 0. The fourth-order valence-electron chi connectivity index (χ4n) is 0. The van der Waals surface area contributed by atoms with Gasteiger partial charge in [-0.3, -0.25) is 0 Å². The van der Waals surface area contributed by atoms with Crippen molar-refractivity contribution in [2.45, 2.75) is 13.8 Å². The zero-order valence-electron chi connectivity index (χ0n) is 12.3. The van der Waals surface area contributed by atoms with Gasteiger partial charge in [0.05, 0.1) is 42.3 Å². The quantitative estimate of drug-likeness (QED) is 0.405. The zero-order valence-corrected chi connectivity index (χ0v) is 13.1. The molecule has 108 valence electrons. The maximum atomic E-state index is 8.93. The first kappa shape index (κ1) is 36.0. The van der Waals surface area contributed by atoms with Crippen LogP contribution in [0, 0.1) is 0 Å². The van der Waals surface area contributed by atoms with Crippen LogP contribution in [-0.4, -0.2) is 55.5 Å². The topological polar surface area (TPSA) is 96.0 Å². The van der Waals surface area contributed by atoms with E-state index in [1.165, 1.54) is 0 Å². The van der Waals surface area contributed by atoms with E-state index in [2.05, 4.69) is 0 Å². The molecule has 0 spiro atoms. The predicted molar refractivity (Wildman–Crippen MR) is 62.4 cm³/mol. The number of halogens is 1. The molecule has 0 fully saturated rings. The van der Waals surface area contributed by atoms with Crippen LogP contribution in [0.4, 0.5) is 0 Å². The summed E-state index contributed by atoms with van der Waals surface area (Å²) in [7, 11) is 12.0. The monoisotopic (exact) mass is 263 g/mol. The van der Waals surface area contributed by atoms with Crippen molar-refractivity contribution in [3.63, 3.8) is 0 Å². The van der Waals surface area contributed by atoms with Crippen molar-refractivity contribution in [3.05, 3.63) is 0 Å². The average molecular weight is 264 g/mol. The van der Waals surface area contributed by atoms with Crippen molar-refractivity contribution in [1.82, 2.24) is 0 Å². The smallest absolute Gasteiger partial charge is 0.0647 e. The van der Waals surface area contributed by atoms with E-state index < -0.39 is 0 Å². The molecule has 6 N–H and O–H groups in total. The van der Waals surface area contributed by atoms with Crippen LogP contribution >= 0.6 is 0 Å². The largest absolute Gasteiger partial charge is 1.00 e. The van der Waals surface area contributed by atoms with Crippen LogP contribution in [0.15, 0.2) is 0 Å². The Morgan fingerprint density at radius 1 is 0.625 bits per heavy atom. The van der Waals surface area contributed by atoms with Gasteiger partial charge in [-0.05, 0) is 0 Å². The Kier molecular flexibility index (Phi) is 260. The third-order valence-corrected chi connectivity index (χ3v) is 0. The molecule has 0 aromatic carbocycles. The number of nitrogens with two attached hydrogens (primary N) is 3. The van der Waals surface area contributed by atoms with E-state index in [1.807, 2.05) is 58.2 Å². The highest BCUT2D eigenvalue weighted by Crippen LogP contribution is 1.19. The number of quaternary nitrogens is 3. The van der Waals surface area contributed by atoms with Gasteiger partial charge in [0.1, 0.15) is 0 Å². The molecule has 0 radical (unpaired) electrons. The minimum atomic E-state index is 0. The second-order valence-corrected chi connectivity index (χ2v) is 2.31. The predicted octanol–water partition coefficient (Wildman–Crippen LogP) is -7.83.